The highest BCUT2D eigenvalue weighted by molar-refractivity contribution is 6.01. The molecule has 1 aromatic carbocycles. The van der Waals surface area contributed by atoms with Gasteiger partial charge in [-0.2, -0.15) is 5.10 Å². The van der Waals surface area contributed by atoms with Gasteiger partial charge in [-0.15, -0.1) is 0 Å². The molecule has 0 saturated carbocycles. The third-order valence-corrected chi connectivity index (χ3v) is 7.33. The number of fused-ring (bicyclic) bond motifs is 2. The molecule has 10 heteroatoms. The second-order valence-corrected chi connectivity index (χ2v) is 10.0. The first kappa shape index (κ1) is 24.2. The summed E-state index contributed by atoms with van der Waals surface area (Å²) in [5, 5.41) is 19.3. The summed E-state index contributed by atoms with van der Waals surface area (Å²) in [5.74, 6) is 0.0540. The number of phenolic OH excluding ortho intramolecular Hbond substituents is 1. The lowest BCUT2D eigenvalue weighted by atomic mass is 10.0. The molecule has 3 N–H and O–H groups in total. The van der Waals surface area contributed by atoms with Crippen molar-refractivity contribution in [1.29, 1.82) is 0 Å². The van der Waals surface area contributed by atoms with Crippen molar-refractivity contribution >= 4 is 21.8 Å². The number of ether oxygens (including phenoxy) is 1. The number of halogens is 1. The molecule has 0 amide bonds. The lowest BCUT2D eigenvalue weighted by Crippen LogP contribution is -2.25. The van der Waals surface area contributed by atoms with Crippen molar-refractivity contribution in [2.75, 3.05) is 26.2 Å². The highest BCUT2D eigenvalue weighted by atomic mass is 19.1. The zero-order valence-electron chi connectivity index (χ0n) is 21.6. The van der Waals surface area contributed by atoms with E-state index in [1.807, 2.05) is 18.2 Å². The summed E-state index contributed by atoms with van der Waals surface area (Å²) in [6.07, 6.45) is 11.1. The lowest BCUT2D eigenvalue weighted by molar-refractivity contribution is 0.237. The summed E-state index contributed by atoms with van der Waals surface area (Å²) in [4.78, 5) is 19.1. The molecule has 0 aliphatic carbocycles. The fourth-order valence-electron chi connectivity index (χ4n) is 5.35. The van der Waals surface area contributed by atoms with Crippen molar-refractivity contribution in [3.63, 3.8) is 0 Å². The van der Waals surface area contributed by atoms with Crippen LogP contribution < -0.4 is 4.74 Å². The standard InChI is InChI=1S/C30H26FN7O2/c31-20-7-18(8-21(39)10-20)25-15-33-16-28-23(25)11-27(35-28)30-24-12-26(34-17-29(24)36-37-30)19-9-22(14-32-13-19)40-6-5-38-3-1-2-4-38/h7-17,35,39H,1-6H2,(H,36,37). The number of benzene rings is 1. The van der Waals surface area contributed by atoms with Crippen LogP contribution in [-0.4, -0.2) is 66.4 Å². The van der Waals surface area contributed by atoms with Crippen LogP contribution in [-0.2, 0) is 0 Å². The molecule has 5 aromatic heterocycles. The van der Waals surface area contributed by atoms with E-state index in [4.69, 9.17) is 4.74 Å². The number of likely N-dealkylation sites (tertiary alicyclic amines) is 1. The highest BCUT2D eigenvalue weighted by Gasteiger charge is 2.16. The molecule has 1 fully saturated rings. The van der Waals surface area contributed by atoms with E-state index in [2.05, 4.69) is 35.0 Å². The molecule has 1 saturated heterocycles. The normalized spacial score (nSPS) is 13.9. The summed E-state index contributed by atoms with van der Waals surface area (Å²) in [6, 6.07) is 9.87. The predicted octanol–water partition coefficient (Wildman–Crippen LogP) is 5.55. The number of nitrogens with zero attached hydrogens (tertiary/aromatic N) is 5. The van der Waals surface area contributed by atoms with Gasteiger partial charge in [-0.05, 0) is 61.8 Å². The van der Waals surface area contributed by atoms with E-state index in [1.54, 1.807) is 31.0 Å². The summed E-state index contributed by atoms with van der Waals surface area (Å²) in [5.41, 5.74) is 5.88. The number of pyridine rings is 3. The van der Waals surface area contributed by atoms with Crippen LogP contribution in [0, 0.1) is 5.82 Å². The van der Waals surface area contributed by atoms with E-state index in [0.717, 1.165) is 64.5 Å². The van der Waals surface area contributed by atoms with Crippen molar-refractivity contribution in [3.05, 3.63) is 73.2 Å². The van der Waals surface area contributed by atoms with Crippen molar-refractivity contribution in [2.24, 2.45) is 0 Å². The average molecular weight is 536 g/mol. The maximum atomic E-state index is 14.0. The van der Waals surface area contributed by atoms with Gasteiger partial charge in [0.05, 0.1) is 41.0 Å². The second kappa shape index (κ2) is 10.0. The summed E-state index contributed by atoms with van der Waals surface area (Å²) >= 11 is 0. The zero-order chi connectivity index (χ0) is 27.1. The van der Waals surface area contributed by atoms with Crippen LogP contribution in [0.5, 0.6) is 11.5 Å². The van der Waals surface area contributed by atoms with Gasteiger partial charge >= 0.3 is 0 Å². The van der Waals surface area contributed by atoms with Crippen LogP contribution in [0.2, 0.25) is 0 Å². The number of nitrogens with one attached hydrogen (secondary N) is 2. The van der Waals surface area contributed by atoms with Gasteiger partial charge in [0.25, 0.3) is 0 Å². The van der Waals surface area contributed by atoms with E-state index in [0.29, 0.717) is 29.2 Å². The SMILES string of the molecule is Oc1cc(F)cc(-c2cncc3[nH]c(-c4n[nH]c5cnc(-c6cncc(OCCN7CCCC7)c6)cc45)cc23)c1. The van der Waals surface area contributed by atoms with Crippen LogP contribution in [0.1, 0.15) is 12.8 Å². The maximum Gasteiger partial charge on any atom is 0.138 e. The third-order valence-electron chi connectivity index (χ3n) is 7.33. The van der Waals surface area contributed by atoms with E-state index in [1.165, 1.54) is 25.0 Å². The van der Waals surface area contributed by atoms with Crippen molar-refractivity contribution < 1.29 is 14.2 Å². The van der Waals surface area contributed by atoms with Crippen LogP contribution in [0.4, 0.5) is 4.39 Å². The molecule has 0 spiro atoms. The van der Waals surface area contributed by atoms with Gasteiger partial charge in [0, 0.05) is 46.9 Å². The Labute approximate surface area is 228 Å². The first-order valence-electron chi connectivity index (χ1n) is 13.2. The molecule has 9 nitrogen and oxygen atoms in total. The van der Waals surface area contributed by atoms with Gasteiger partial charge in [0.15, 0.2) is 0 Å². The van der Waals surface area contributed by atoms with Gasteiger partial charge in [0.2, 0.25) is 0 Å². The van der Waals surface area contributed by atoms with E-state index >= 15 is 0 Å². The minimum absolute atomic E-state index is 0.142. The molecule has 0 bridgehead atoms. The fraction of sp³-hybridized carbons (Fsp3) is 0.200. The smallest absolute Gasteiger partial charge is 0.138 e. The Balaban J connectivity index is 1.21. The van der Waals surface area contributed by atoms with E-state index in [9.17, 15) is 9.50 Å². The molecule has 1 aliphatic heterocycles. The molecule has 0 atom stereocenters. The average Bonchev–Trinajstić information content (AvgIpc) is 3.71. The Morgan fingerprint density at radius 3 is 2.62 bits per heavy atom. The van der Waals surface area contributed by atoms with Crippen LogP contribution in [0.15, 0.2) is 67.4 Å². The Morgan fingerprint density at radius 1 is 0.875 bits per heavy atom. The van der Waals surface area contributed by atoms with Crippen LogP contribution in [0.25, 0.3) is 55.6 Å². The van der Waals surface area contributed by atoms with Gasteiger partial charge in [0.1, 0.15) is 29.6 Å². The van der Waals surface area contributed by atoms with E-state index < -0.39 is 5.82 Å². The van der Waals surface area contributed by atoms with Gasteiger partial charge in [-0.1, -0.05) is 0 Å². The van der Waals surface area contributed by atoms with Crippen molar-refractivity contribution in [1.82, 2.24) is 35.0 Å². The predicted molar refractivity (Wildman–Crippen MR) is 150 cm³/mol. The van der Waals surface area contributed by atoms with Gasteiger partial charge < -0.3 is 14.8 Å². The quantitative estimate of drug-likeness (QED) is 0.245. The number of aromatic nitrogens is 6. The highest BCUT2D eigenvalue weighted by Crippen LogP contribution is 2.35. The summed E-state index contributed by atoms with van der Waals surface area (Å²) in [7, 11) is 0. The number of hydrogen-bond acceptors (Lipinski definition) is 7. The summed E-state index contributed by atoms with van der Waals surface area (Å²) < 4.78 is 20.0. The Kier molecular flexibility index (Phi) is 6.09. The first-order chi connectivity index (χ1) is 19.6. The number of aromatic amines is 2. The number of phenols is 1. The maximum absolute atomic E-state index is 14.0. The Hall–Kier alpha value is -4.83. The number of hydrogen-bond donors (Lipinski definition) is 3. The molecular weight excluding hydrogens is 509 g/mol. The number of aromatic hydroxyl groups is 1. The molecular formula is C30H26FN7O2. The van der Waals surface area contributed by atoms with Gasteiger partial charge in [-0.3, -0.25) is 25.0 Å². The molecule has 40 heavy (non-hydrogen) atoms. The van der Waals surface area contributed by atoms with E-state index in [-0.39, 0.29) is 5.75 Å². The zero-order valence-corrected chi connectivity index (χ0v) is 21.6. The largest absolute Gasteiger partial charge is 0.508 e. The van der Waals surface area contributed by atoms with Crippen molar-refractivity contribution in [3.8, 4) is 45.3 Å². The molecule has 0 unspecified atom stereocenters. The monoisotopic (exact) mass is 535 g/mol. The van der Waals surface area contributed by atoms with Gasteiger partial charge in [-0.25, -0.2) is 4.39 Å². The minimum atomic E-state index is -0.517. The number of rotatable bonds is 7. The molecule has 7 rings (SSSR count). The number of H-pyrrole nitrogens is 2. The topological polar surface area (TPSA) is 116 Å². The summed E-state index contributed by atoms with van der Waals surface area (Å²) in [6.45, 7) is 3.81. The van der Waals surface area contributed by atoms with Crippen molar-refractivity contribution in [2.45, 2.75) is 12.8 Å². The first-order valence-corrected chi connectivity index (χ1v) is 13.2. The molecule has 6 heterocycles. The third kappa shape index (κ3) is 4.62. The molecule has 6 aromatic rings. The van der Waals surface area contributed by atoms with Crippen LogP contribution in [0.3, 0.4) is 0 Å². The molecule has 1 aliphatic rings. The molecule has 0 radical (unpaired) electrons. The Morgan fingerprint density at radius 2 is 1.75 bits per heavy atom. The second-order valence-electron chi connectivity index (χ2n) is 10.0. The minimum Gasteiger partial charge on any atom is -0.508 e. The Bertz CT molecular complexity index is 1820. The molecule has 200 valence electrons. The lowest BCUT2D eigenvalue weighted by Gasteiger charge is -2.15. The van der Waals surface area contributed by atoms with Crippen LogP contribution >= 0.6 is 0 Å². The fourth-order valence-corrected chi connectivity index (χ4v) is 5.35.